The average Bonchev–Trinajstić information content (AvgIpc) is 2.54. The number of hydrogen-bond donors (Lipinski definition) is 2. The molecule has 0 spiro atoms. The fourth-order valence-electron chi connectivity index (χ4n) is 2.56. The molecule has 7 heteroatoms. The second kappa shape index (κ2) is 6.82. The second-order valence-corrected chi connectivity index (χ2v) is 6.76. The van der Waals surface area contributed by atoms with E-state index in [-0.39, 0.29) is 22.3 Å². The highest BCUT2D eigenvalue weighted by Crippen LogP contribution is 2.16. The number of amides is 1. The molecule has 0 aliphatic rings. The molecule has 25 heavy (non-hydrogen) atoms. The Labute approximate surface area is 154 Å². The molecule has 1 aromatic heterocycles. The lowest BCUT2D eigenvalue weighted by Gasteiger charge is -2.11. The number of aromatic amines is 1. The van der Waals surface area contributed by atoms with Gasteiger partial charge >= 0.3 is 0 Å². The number of carbonyl (C=O) groups is 1. The van der Waals surface area contributed by atoms with Gasteiger partial charge in [0.1, 0.15) is 0 Å². The fraction of sp³-hybridized carbons (Fsp3) is 0.167. The van der Waals surface area contributed by atoms with Gasteiger partial charge in [0.05, 0.1) is 16.6 Å². The van der Waals surface area contributed by atoms with Crippen LogP contribution in [0.25, 0.3) is 16.6 Å². The first kappa shape index (κ1) is 17.4. The minimum absolute atomic E-state index is 0.0205. The van der Waals surface area contributed by atoms with Crippen LogP contribution in [0.3, 0.4) is 0 Å². The maximum absolute atomic E-state index is 12.9. The zero-order valence-electron chi connectivity index (χ0n) is 13.7. The van der Waals surface area contributed by atoms with Gasteiger partial charge < -0.3 is 10.3 Å². The third-order valence-corrected chi connectivity index (χ3v) is 4.17. The number of halogens is 1. The number of carbonyl (C=O) groups excluding carboxylic acids is 1. The van der Waals surface area contributed by atoms with Crippen molar-refractivity contribution in [3.63, 3.8) is 0 Å². The number of rotatable bonds is 3. The molecule has 1 heterocycles. The lowest BCUT2D eigenvalue weighted by molar-refractivity contribution is 0.0943. The normalized spacial score (nSPS) is 11.0. The molecule has 0 unspecified atom stereocenters. The Balaban J connectivity index is 2.17. The molecule has 0 saturated carbocycles. The fourth-order valence-corrected chi connectivity index (χ4v) is 3.03. The van der Waals surface area contributed by atoms with Crippen LogP contribution >= 0.6 is 23.8 Å². The van der Waals surface area contributed by atoms with Gasteiger partial charge in [0.15, 0.2) is 4.77 Å². The van der Waals surface area contributed by atoms with Gasteiger partial charge in [0, 0.05) is 16.6 Å². The van der Waals surface area contributed by atoms with Crippen molar-refractivity contribution in [3.05, 3.63) is 68.2 Å². The van der Waals surface area contributed by atoms with E-state index in [9.17, 15) is 9.59 Å². The summed E-state index contributed by atoms with van der Waals surface area (Å²) >= 11 is 11.3. The summed E-state index contributed by atoms with van der Waals surface area (Å²) in [6.45, 7) is 3.77. The molecule has 0 saturated heterocycles. The van der Waals surface area contributed by atoms with Gasteiger partial charge in [-0.3, -0.25) is 14.2 Å². The van der Waals surface area contributed by atoms with Crippen molar-refractivity contribution in [2.45, 2.75) is 19.9 Å². The lowest BCUT2D eigenvalue weighted by atomic mass is 10.1. The van der Waals surface area contributed by atoms with Crippen molar-refractivity contribution in [2.75, 3.05) is 0 Å². The first-order chi connectivity index (χ1) is 11.9. The molecule has 3 aromatic rings. The summed E-state index contributed by atoms with van der Waals surface area (Å²) in [6, 6.07) is 11.8. The van der Waals surface area contributed by atoms with Gasteiger partial charge in [-0.05, 0) is 62.5 Å². The standard InChI is InChI=1S/C18H16ClN3O2S/c1-10(2)20-16(23)11-4-3-5-13(8-11)22-17(24)14-7-6-12(19)9-15(14)21-18(22)25/h3-10H,1-2H3,(H,20,23)(H,21,25). The largest absolute Gasteiger partial charge is 0.350 e. The van der Waals surface area contributed by atoms with E-state index in [0.717, 1.165) is 0 Å². The van der Waals surface area contributed by atoms with Crippen LogP contribution in [-0.4, -0.2) is 21.5 Å². The quantitative estimate of drug-likeness (QED) is 0.685. The third-order valence-electron chi connectivity index (χ3n) is 3.65. The van der Waals surface area contributed by atoms with E-state index in [0.29, 0.717) is 27.2 Å². The van der Waals surface area contributed by atoms with Crippen molar-refractivity contribution in [3.8, 4) is 5.69 Å². The summed E-state index contributed by atoms with van der Waals surface area (Å²) in [6.07, 6.45) is 0. The van der Waals surface area contributed by atoms with E-state index >= 15 is 0 Å². The molecule has 0 bridgehead atoms. The minimum atomic E-state index is -0.267. The number of aromatic nitrogens is 2. The van der Waals surface area contributed by atoms with E-state index in [1.165, 1.54) is 4.57 Å². The molecule has 3 rings (SSSR count). The third kappa shape index (κ3) is 3.50. The van der Waals surface area contributed by atoms with Gasteiger partial charge in [-0.25, -0.2) is 0 Å². The summed E-state index contributed by atoms with van der Waals surface area (Å²) in [5, 5.41) is 3.81. The molecule has 0 aliphatic carbocycles. The van der Waals surface area contributed by atoms with Crippen LogP contribution in [0.2, 0.25) is 5.02 Å². The number of benzene rings is 2. The number of hydrogen-bond acceptors (Lipinski definition) is 3. The smallest absolute Gasteiger partial charge is 0.266 e. The number of nitrogens with one attached hydrogen (secondary N) is 2. The molecule has 0 aliphatic heterocycles. The van der Waals surface area contributed by atoms with Crippen molar-refractivity contribution in [1.82, 2.24) is 14.9 Å². The van der Waals surface area contributed by atoms with E-state index in [4.69, 9.17) is 23.8 Å². The van der Waals surface area contributed by atoms with E-state index in [1.807, 2.05) is 13.8 Å². The van der Waals surface area contributed by atoms with Gasteiger partial charge in [0.25, 0.3) is 11.5 Å². The summed E-state index contributed by atoms with van der Waals surface area (Å²) in [5.41, 5.74) is 1.30. The molecule has 2 N–H and O–H groups in total. The van der Waals surface area contributed by atoms with E-state index in [1.54, 1.807) is 42.5 Å². The maximum atomic E-state index is 12.9. The van der Waals surface area contributed by atoms with Crippen LogP contribution in [0.15, 0.2) is 47.3 Å². The number of H-pyrrole nitrogens is 1. The van der Waals surface area contributed by atoms with Crippen LogP contribution in [0.4, 0.5) is 0 Å². The second-order valence-electron chi connectivity index (χ2n) is 5.94. The molecular weight excluding hydrogens is 358 g/mol. The van der Waals surface area contributed by atoms with Crippen molar-refractivity contribution < 1.29 is 4.79 Å². The van der Waals surface area contributed by atoms with E-state index in [2.05, 4.69) is 10.3 Å². The highest BCUT2D eigenvalue weighted by Gasteiger charge is 2.11. The molecule has 128 valence electrons. The Kier molecular flexibility index (Phi) is 4.74. The molecule has 0 fully saturated rings. The average molecular weight is 374 g/mol. The van der Waals surface area contributed by atoms with Crippen LogP contribution in [0.5, 0.6) is 0 Å². The highest BCUT2D eigenvalue weighted by molar-refractivity contribution is 7.71. The first-order valence-corrected chi connectivity index (χ1v) is 8.51. The topological polar surface area (TPSA) is 66.9 Å². The Morgan fingerprint density at radius 3 is 2.72 bits per heavy atom. The molecular formula is C18H16ClN3O2S. The Bertz CT molecular complexity index is 1090. The molecule has 0 radical (unpaired) electrons. The van der Waals surface area contributed by atoms with Crippen LogP contribution in [0, 0.1) is 4.77 Å². The number of fused-ring (bicyclic) bond motifs is 1. The Hall–Kier alpha value is -2.44. The monoisotopic (exact) mass is 373 g/mol. The van der Waals surface area contributed by atoms with Crippen molar-refractivity contribution in [1.29, 1.82) is 0 Å². The highest BCUT2D eigenvalue weighted by atomic mass is 35.5. The van der Waals surface area contributed by atoms with Crippen LogP contribution in [0.1, 0.15) is 24.2 Å². The maximum Gasteiger partial charge on any atom is 0.266 e. The summed E-state index contributed by atoms with van der Waals surface area (Å²) < 4.78 is 1.61. The summed E-state index contributed by atoms with van der Waals surface area (Å²) in [5.74, 6) is -0.202. The van der Waals surface area contributed by atoms with Crippen LogP contribution < -0.4 is 10.9 Å². The number of nitrogens with zero attached hydrogens (tertiary/aromatic N) is 1. The van der Waals surface area contributed by atoms with Crippen molar-refractivity contribution in [2.24, 2.45) is 0 Å². The first-order valence-electron chi connectivity index (χ1n) is 7.72. The van der Waals surface area contributed by atoms with Crippen LogP contribution in [-0.2, 0) is 0 Å². The molecule has 1 amide bonds. The molecule has 0 atom stereocenters. The SMILES string of the molecule is CC(C)NC(=O)c1cccc(-n2c(=S)[nH]c3cc(Cl)ccc3c2=O)c1. The Morgan fingerprint density at radius 1 is 1.24 bits per heavy atom. The minimum Gasteiger partial charge on any atom is -0.350 e. The molecule has 5 nitrogen and oxygen atoms in total. The lowest BCUT2D eigenvalue weighted by Crippen LogP contribution is -2.30. The predicted octanol–water partition coefficient (Wildman–Crippen LogP) is 3.84. The van der Waals surface area contributed by atoms with Gasteiger partial charge in [-0.15, -0.1) is 0 Å². The van der Waals surface area contributed by atoms with Crippen molar-refractivity contribution >= 4 is 40.6 Å². The van der Waals surface area contributed by atoms with Gasteiger partial charge in [-0.1, -0.05) is 17.7 Å². The molecule has 2 aromatic carbocycles. The zero-order chi connectivity index (χ0) is 18.1. The van der Waals surface area contributed by atoms with E-state index < -0.39 is 0 Å². The van der Waals surface area contributed by atoms with Gasteiger partial charge in [0.2, 0.25) is 0 Å². The summed E-state index contributed by atoms with van der Waals surface area (Å²) in [7, 11) is 0. The summed E-state index contributed by atoms with van der Waals surface area (Å²) in [4.78, 5) is 28.1. The van der Waals surface area contributed by atoms with Gasteiger partial charge in [-0.2, -0.15) is 0 Å². The zero-order valence-corrected chi connectivity index (χ0v) is 15.2. The Morgan fingerprint density at radius 2 is 2.00 bits per heavy atom. The predicted molar refractivity (Wildman–Crippen MR) is 102 cm³/mol.